The van der Waals surface area contributed by atoms with Crippen LogP contribution in [0.25, 0.3) is 11.0 Å². The van der Waals surface area contributed by atoms with E-state index in [1.807, 2.05) is 6.92 Å². The number of hydrogen-bond donors (Lipinski definition) is 2. The van der Waals surface area contributed by atoms with Crippen molar-refractivity contribution in [2.75, 3.05) is 6.54 Å². The zero-order chi connectivity index (χ0) is 12.8. The van der Waals surface area contributed by atoms with Gasteiger partial charge in [-0.3, -0.25) is 0 Å². The Bertz CT molecular complexity index is 579. The van der Waals surface area contributed by atoms with Gasteiger partial charge in [-0.2, -0.15) is 0 Å². The number of nitrogens with two attached hydrogens (primary N) is 1. The van der Waals surface area contributed by atoms with Gasteiger partial charge in [0.2, 0.25) is 0 Å². The van der Waals surface area contributed by atoms with Gasteiger partial charge < -0.3 is 10.7 Å². The first-order chi connectivity index (χ1) is 8.66. The molecule has 4 nitrogen and oxygen atoms in total. The molecule has 96 valence electrons. The molecule has 0 aliphatic heterocycles. The van der Waals surface area contributed by atoms with E-state index in [4.69, 9.17) is 5.73 Å². The Hall–Kier alpha value is -1.42. The Morgan fingerprint density at radius 2 is 2.00 bits per heavy atom. The lowest BCUT2D eigenvalue weighted by Gasteiger charge is -2.27. The van der Waals surface area contributed by atoms with Crippen molar-refractivity contribution in [3.8, 4) is 0 Å². The highest BCUT2D eigenvalue weighted by atomic mass is 14.9. The molecule has 3 N–H and O–H groups in total. The van der Waals surface area contributed by atoms with Gasteiger partial charge in [0.05, 0.1) is 5.69 Å². The zero-order valence-electron chi connectivity index (χ0n) is 11.1. The Balaban J connectivity index is 2.23. The van der Waals surface area contributed by atoms with E-state index >= 15 is 0 Å². The summed E-state index contributed by atoms with van der Waals surface area (Å²) in [4.78, 5) is 12.3. The molecule has 0 radical (unpaired) electrons. The van der Waals surface area contributed by atoms with Crippen molar-refractivity contribution >= 4 is 11.0 Å². The quantitative estimate of drug-likeness (QED) is 0.852. The van der Waals surface area contributed by atoms with Crippen molar-refractivity contribution < 1.29 is 0 Å². The monoisotopic (exact) mass is 244 g/mol. The minimum Gasteiger partial charge on any atom is -0.346 e. The Kier molecular flexibility index (Phi) is 2.63. The summed E-state index contributed by atoms with van der Waals surface area (Å²) in [5.41, 5.74) is 9.56. The van der Waals surface area contributed by atoms with Gasteiger partial charge in [0.1, 0.15) is 11.5 Å². The number of nitrogens with zero attached hydrogens (tertiary/aromatic N) is 2. The number of hydrogen-bond acceptors (Lipinski definition) is 3. The Labute approximate surface area is 107 Å². The smallest absolute Gasteiger partial charge is 0.141 e. The summed E-state index contributed by atoms with van der Waals surface area (Å²) < 4.78 is 0. The lowest BCUT2D eigenvalue weighted by molar-refractivity contribution is 0.456. The highest BCUT2D eigenvalue weighted by Crippen LogP contribution is 2.43. The van der Waals surface area contributed by atoms with Crippen molar-refractivity contribution in [2.45, 2.75) is 44.9 Å². The predicted molar refractivity (Wildman–Crippen MR) is 72.6 cm³/mol. The van der Waals surface area contributed by atoms with Crippen LogP contribution in [0.3, 0.4) is 0 Å². The van der Waals surface area contributed by atoms with Crippen LogP contribution in [-0.4, -0.2) is 21.5 Å². The third kappa shape index (κ3) is 1.56. The maximum atomic E-state index is 6.08. The number of rotatable bonds is 2. The number of aromatic amines is 1. The summed E-state index contributed by atoms with van der Waals surface area (Å²) in [6.07, 6.45) is 7.02. The number of H-pyrrole nitrogens is 1. The van der Waals surface area contributed by atoms with Gasteiger partial charge in [-0.05, 0) is 32.3 Å². The third-order valence-corrected chi connectivity index (χ3v) is 4.35. The lowest BCUT2D eigenvalue weighted by Crippen LogP contribution is -2.31. The highest BCUT2D eigenvalue weighted by molar-refractivity contribution is 5.83. The molecule has 2 heterocycles. The summed E-state index contributed by atoms with van der Waals surface area (Å²) in [5, 5.41) is 1.19. The number of nitrogens with one attached hydrogen (secondary N) is 1. The van der Waals surface area contributed by atoms with E-state index < -0.39 is 0 Å². The fraction of sp³-hybridized carbons (Fsp3) is 0.571. The fourth-order valence-corrected chi connectivity index (χ4v) is 3.41. The summed E-state index contributed by atoms with van der Waals surface area (Å²) in [7, 11) is 0. The van der Waals surface area contributed by atoms with Gasteiger partial charge >= 0.3 is 0 Å². The first-order valence-corrected chi connectivity index (χ1v) is 6.69. The van der Waals surface area contributed by atoms with E-state index in [-0.39, 0.29) is 5.41 Å². The number of aryl methyl sites for hydroxylation is 2. The SMILES string of the molecule is Cc1nc(C)c2c(C3(CN)CCCC3)c[nH]c2n1. The van der Waals surface area contributed by atoms with Crippen molar-refractivity contribution in [3.63, 3.8) is 0 Å². The van der Waals surface area contributed by atoms with Crippen LogP contribution in [0.4, 0.5) is 0 Å². The van der Waals surface area contributed by atoms with Crippen LogP contribution in [0.1, 0.15) is 42.8 Å². The normalized spacial score (nSPS) is 18.6. The van der Waals surface area contributed by atoms with E-state index in [1.54, 1.807) is 0 Å². The molecule has 0 aromatic carbocycles. The third-order valence-electron chi connectivity index (χ3n) is 4.35. The second kappa shape index (κ2) is 4.05. The van der Waals surface area contributed by atoms with Crippen molar-refractivity contribution in [2.24, 2.45) is 5.73 Å². The summed E-state index contributed by atoms with van der Waals surface area (Å²) in [6, 6.07) is 0. The molecular formula is C14H20N4. The summed E-state index contributed by atoms with van der Waals surface area (Å²) in [5.74, 6) is 0.821. The largest absolute Gasteiger partial charge is 0.346 e. The molecule has 2 aromatic rings. The van der Waals surface area contributed by atoms with E-state index in [1.165, 1.54) is 36.6 Å². The van der Waals surface area contributed by atoms with Crippen LogP contribution in [0.5, 0.6) is 0 Å². The Morgan fingerprint density at radius 1 is 1.28 bits per heavy atom. The van der Waals surface area contributed by atoms with Crippen LogP contribution < -0.4 is 5.73 Å². The van der Waals surface area contributed by atoms with Gasteiger partial charge in [0.15, 0.2) is 0 Å². The molecule has 0 amide bonds. The molecule has 2 aromatic heterocycles. The van der Waals surface area contributed by atoms with E-state index in [0.717, 1.165) is 17.2 Å². The minimum atomic E-state index is 0.141. The molecule has 0 unspecified atom stereocenters. The van der Waals surface area contributed by atoms with Gasteiger partial charge in [0.25, 0.3) is 0 Å². The van der Waals surface area contributed by atoms with Crippen LogP contribution in [0, 0.1) is 13.8 Å². The van der Waals surface area contributed by atoms with E-state index in [0.29, 0.717) is 6.54 Å². The molecule has 18 heavy (non-hydrogen) atoms. The van der Waals surface area contributed by atoms with Gasteiger partial charge in [-0.15, -0.1) is 0 Å². The molecule has 3 rings (SSSR count). The average molecular weight is 244 g/mol. The van der Waals surface area contributed by atoms with Crippen LogP contribution in [-0.2, 0) is 5.41 Å². The molecule has 1 fully saturated rings. The summed E-state index contributed by atoms with van der Waals surface area (Å²) >= 11 is 0. The lowest BCUT2D eigenvalue weighted by atomic mass is 9.79. The number of fused-ring (bicyclic) bond motifs is 1. The second-order valence-corrected chi connectivity index (χ2v) is 5.47. The molecule has 0 spiro atoms. The van der Waals surface area contributed by atoms with Gasteiger partial charge in [-0.25, -0.2) is 9.97 Å². The molecule has 0 atom stereocenters. The maximum absolute atomic E-state index is 6.08. The second-order valence-electron chi connectivity index (χ2n) is 5.47. The molecule has 0 bridgehead atoms. The topological polar surface area (TPSA) is 67.6 Å². The summed E-state index contributed by atoms with van der Waals surface area (Å²) in [6.45, 7) is 4.71. The Morgan fingerprint density at radius 3 is 2.67 bits per heavy atom. The van der Waals surface area contributed by atoms with Crippen LogP contribution in [0.15, 0.2) is 6.20 Å². The highest BCUT2D eigenvalue weighted by Gasteiger charge is 2.36. The van der Waals surface area contributed by atoms with Gasteiger partial charge in [-0.1, -0.05) is 12.8 Å². The van der Waals surface area contributed by atoms with E-state index in [9.17, 15) is 0 Å². The number of aromatic nitrogens is 3. The molecule has 0 saturated heterocycles. The fourth-order valence-electron chi connectivity index (χ4n) is 3.41. The van der Waals surface area contributed by atoms with Crippen molar-refractivity contribution in [3.05, 3.63) is 23.3 Å². The molecule has 1 aliphatic carbocycles. The first-order valence-electron chi connectivity index (χ1n) is 6.69. The average Bonchev–Trinajstić information content (AvgIpc) is 2.94. The zero-order valence-corrected chi connectivity index (χ0v) is 11.1. The predicted octanol–water partition coefficient (Wildman–Crippen LogP) is 2.35. The molecule has 4 heteroatoms. The van der Waals surface area contributed by atoms with Crippen molar-refractivity contribution in [1.29, 1.82) is 0 Å². The standard InChI is InChI=1S/C14H20N4/c1-9-12-11(14(8-15)5-3-4-6-14)7-16-13(12)18-10(2)17-9/h7H,3-6,8,15H2,1-2H3,(H,16,17,18). The maximum Gasteiger partial charge on any atom is 0.141 e. The van der Waals surface area contributed by atoms with E-state index in [2.05, 4.69) is 28.1 Å². The molecule has 1 saturated carbocycles. The molecule has 1 aliphatic rings. The van der Waals surface area contributed by atoms with Crippen LogP contribution >= 0.6 is 0 Å². The van der Waals surface area contributed by atoms with Crippen molar-refractivity contribution in [1.82, 2.24) is 15.0 Å². The van der Waals surface area contributed by atoms with Gasteiger partial charge in [0, 0.05) is 23.5 Å². The first kappa shape index (κ1) is 11.7. The minimum absolute atomic E-state index is 0.141. The van der Waals surface area contributed by atoms with Crippen LogP contribution in [0.2, 0.25) is 0 Å². The molecular weight excluding hydrogens is 224 g/mol.